The van der Waals surface area contributed by atoms with Crippen LogP contribution in [0.5, 0.6) is 0 Å². The van der Waals surface area contributed by atoms with E-state index in [0.29, 0.717) is 10.0 Å². The summed E-state index contributed by atoms with van der Waals surface area (Å²) in [6.45, 7) is 0.852. The maximum atomic E-state index is 6.13. The molecule has 0 saturated carbocycles. The molecule has 0 aliphatic rings. The Labute approximate surface area is 130 Å². The Morgan fingerprint density at radius 2 is 1.85 bits per heavy atom. The zero-order valence-corrected chi connectivity index (χ0v) is 12.7. The van der Waals surface area contributed by atoms with Gasteiger partial charge in [0.25, 0.3) is 0 Å². The standard InChI is InChI=1S/C16H17ClN2S/c17-13-9-4-10-14(15(13)16(18)20)19-11-5-8-12-6-2-1-3-7-12/h1-4,6-7,9-10,19H,5,8,11H2,(H2,18,20). The molecule has 0 aliphatic carbocycles. The van der Waals surface area contributed by atoms with E-state index in [4.69, 9.17) is 29.6 Å². The zero-order chi connectivity index (χ0) is 14.4. The first-order valence-corrected chi connectivity index (χ1v) is 7.33. The molecule has 20 heavy (non-hydrogen) atoms. The predicted molar refractivity (Wildman–Crippen MR) is 90.6 cm³/mol. The lowest BCUT2D eigenvalue weighted by molar-refractivity contribution is 0.863. The third-order valence-corrected chi connectivity index (χ3v) is 3.58. The number of nitrogens with one attached hydrogen (secondary N) is 1. The van der Waals surface area contributed by atoms with Crippen LogP contribution in [0.2, 0.25) is 5.02 Å². The average molecular weight is 305 g/mol. The zero-order valence-electron chi connectivity index (χ0n) is 11.1. The summed E-state index contributed by atoms with van der Waals surface area (Å²) in [5.74, 6) is 0. The van der Waals surface area contributed by atoms with Gasteiger partial charge >= 0.3 is 0 Å². The Bertz CT molecular complexity index is 584. The van der Waals surface area contributed by atoms with Crippen LogP contribution in [0.3, 0.4) is 0 Å². The van der Waals surface area contributed by atoms with Crippen LogP contribution in [0, 0.1) is 0 Å². The van der Waals surface area contributed by atoms with Gasteiger partial charge in [0, 0.05) is 12.2 Å². The van der Waals surface area contributed by atoms with Crippen LogP contribution >= 0.6 is 23.8 Å². The molecule has 2 rings (SSSR count). The fraction of sp³-hybridized carbons (Fsp3) is 0.188. The van der Waals surface area contributed by atoms with E-state index >= 15 is 0 Å². The lowest BCUT2D eigenvalue weighted by Crippen LogP contribution is -2.14. The van der Waals surface area contributed by atoms with E-state index in [1.165, 1.54) is 5.56 Å². The minimum atomic E-state index is 0.321. The molecule has 2 aromatic carbocycles. The van der Waals surface area contributed by atoms with E-state index in [2.05, 4.69) is 29.6 Å². The summed E-state index contributed by atoms with van der Waals surface area (Å²) in [6.07, 6.45) is 2.07. The highest BCUT2D eigenvalue weighted by atomic mass is 35.5. The molecule has 0 fully saturated rings. The number of thiocarbonyl (C=S) groups is 1. The fourth-order valence-corrected chi connectivity index (χ4v) is 2.63. The highest BCUT2D eigenvalue weighted by molar-refractivity contribution is 7.80. The molecule has 0 bridgehead atoms. The third-order valence-electron chi connectivity index (χ3n) is 3.06. The van der Waals surface area contributed by atoms with Gasteiger partial charge in [-0.3, -0.25) is 0 Å². The molecule has 0 atom stereocenters. The molecular weight excluding hydrogens is 288 g/mol. The first kappa shape index (κ1) is 14.8. The SMILES string of the molecule is NC(=S)c1c(Cl)cccc1NCCCc1ccccc1. The molecule has 0 aliphatic heterocycles. The Kier molecular flexibility index (Phi) is 5.39. The number of nitrogens with two attached hydrogens (primary N) is 1. The maximum Gasteiger partial charge on any atom is 0.107 e. The van der Waals surface area contributed by atoms with E-state index in [1.54, 1.807) is 6.07 Å². The second-order valence-corrected chi connectivity index (χ2v) is 5.39. The number of hydrogen-bond acceptors (Lipinski definition) is 2. The van der Waals surface area contributed by atoms with Gasteiger partial charge < -0.3 is 11.1 Å². The molecule has 0 radical (unpaired) electrons. The molecule has 0 saturated heterocycles. The van der Waals surface area contributed by atoms with Gasteiger partial charge in [-0.25, -0.2) is 0 Å². The van der Waals surface area contributed by atoms with E-state index in [9.17, 15) is 0 Å². The van der Waals surface area contributed by atoms with Crippen LogP contribution < -0.4 is 11.1 Å². The smallest absolute Gasteiger partial charge is 0.107 e. The minimum absolute atomic E-state index is 0.321. The molecule has 0 unspecified atom stereocenters. The summed E-state index contributed by atoms with van der Waals surface area (Å²) >= 11 is 11.2. The van der Waals surface area contributed by atoms with Gasteiger partial charge in [-0.1, -0.05) is 60.2 Å². The summed E-state index contributed by atoms with van der Waals surface area (Å²) in [4.78, 5) is 0.321. The number of rotatable bonds is 6. The monoisotopic (exact) mass is 304 g/mol. The third kappa shape index (κ3) is 3.95. The van der Waals surface area contributed by atoms with Gasteiger partial charge in [0.05, 0.1) is 10.6 Å². The number of halogens is 1. The van der Waals surface area contributed by atoms with Gasteiger partial charge in [0.2, 0.25) is 0 Å². The summed E-state index contributed by atoms with van der Waals surface area (Å²) in [5, 5.41) is 3.94. The van der Waals surface area contributed by atoms with Gasteiger partial charge in [0.1, 0.15) is 4.99 Å². The Morgan fingerprint density at radius 1 is 1.10 bits per heavy atom. The van der Waals surface area contributed by atoms with Crippen molar-refractivity contribution in [2.24, 2.45) is 5.73 Å². The number of benzene rings is 2. The first-order chi connectivity index (χ1) is 9.68. The quantitative estimate of drug-likeness (QED) is 0.625. The fourth-order valence-electron chi connectivity index (χ4n) is 2.08. The normalized spacial score (nSPS) is 10.2. The van der Waals surface area contributed by atoms with Crippen LogP contribution in [0.25, 0.3) is 0 Å². The Balaban J connectivity index is 1.92. The van der Waals surface area contributed by atoms with Crippen molar-refractivity contribution < 1.29 is 0 Å². The highest BCUT2D eigenvalue weighted by Gasteiger charge is 2.08. The predicted octanol–water partition coefficient (Wildman–Crippen LogP) is 4.02. The van der Waals surface area contributed by atoms with E-state index in [-0.39, 0.29) is 0 Å². The summed E-state index contributed by atoms with van der Waals surface area (Å²) in [7, 11) is 0. The summed E-state index contributed by atoms with van der Waals surface area (Å²) in [6, 6.07) is 16.1. The molecule has 2 nitrogen and oxygen atoms in total. The molecule has 0 spiro atoms. The van der Waals surface area contributed by atoms with Crippen molar-refractivity contribution in [3.05, 3.63) is 64.7 Å². The van der Waals surface area contributed by atoms with Gasteiger partial charge in [0.15, 0.2) is 0 Å². The number of hydrogen-bond donors (Lipinski definition) is 2. The topological polar surface area (TPSA) is 38.0 Å². The molecular formula is C16H17ClN2S. The summed E-state index contributed by atoms with van der Waals surface area (Å²) < 4.78 is 0. The largest absolute Gasteiger partial charge is 0.389 e. The molecule has 0 aromatic heterocycles. The molecule has 0 heterocycles. The van der Waals surface area contributed by atoms with Gasteiger partial charge in [-0.15, -0.1) is 0 Å². The minimum Gasteiger partial charge on any atom is -0.389 e. The molecule has 0 amide bonds. The highest BCUT2D eigenvalue weighted by Crippen LogP contribution is 2.24. The Hall–Kier alpha value is -1.58. The summed E-state index contributed by atoms with van der Waals surface area (Å²) in [5.41, 5.74) is 8.69. The maximum absolute atomic E-state index is 6.13. The molecule has 4 heteroatoms. The van der Waals surface area contributed by atoms with Crippen LogP contribution in [0.15, 0.2) is 48.5 Å². The second kappa shape index (κ2) is 7.27. The molecule has 104 valence electrons. The van der Waals surface area contributed by atoms with Crippen molar-refractivity contribution >= 4 is 34.5 Å². The molecule has 3 N–H and O–H groups in total. The van der Waals surface area contributed by atoms with Crippen molar-refractivity contribution in [3.8, 4) is 0 Å². The lowest BCUT2D eigenvalue weighted by Gasteiger charge is -2.12. The van der Waals surface area contributed by atoms with E-state index in [1.807, 2.05) is 18.2 Å². The van der Waals surface area contributed by atoms with Crippen molar-refractivity contribution in [2.75, 3.05) is 11.9 Å². The van der Waals surface area contributed by atoms with Crippen LogP contribution in [0.4, 0.5) is 5.69 Å². The van der Waals surface area contributed by atoms with Gasteiger partial charge in [-0.05, 0) is 30.5 Å². The van der Waals surface area contributed by atoms with Crippen LogP contribution in [0.1, 0.15) is 17.5 Å². The van der Waals surface area contributed by atoms with E-state index in [0.717, 1.165) is 30.6 Å². The van der Waals surface area contributed by atoms with Crippen molar-refractivity contribution in [3.63, 3.8) is 0 Å². The van der Waals surface area contributed by atoms with Crippen molar-refractivity contribution in [1.29, 1.82) is 0 Å². The van der Waals surface area contributed by atoms with Crippen molar-refractivity contribution in [2.45, 2.75) is 12.8 Å². The number of anilines is 1. The second-order valence-electron chi connectivity index (χ2n) is 4.54. The van der Waals surface area contributed by atoms with Crippen LogP contribution in [-0.4, -0.2) is 11.5 Å². The lowest BCUT2D eigenvalue weighted by atomic mass is 10.1. The van der Waals surface area contributed by atoms with Crippen molar-refractivity contribution in [1.82, 2.24) is 0 Å². The molecule has 2 aromatic rings. The van der Waals surface area contributed by atoms with Gasteiger partial charge in [-0.2, -0.15) is 0 Å². The van der Waals surface area contributed by atoms with Crippen LogP contribution in [-0.2, 0) is 6.42 Å². The van der Waals surface area contributed by atoms with E-state index < -0.39 is 0 Å². The average Bonchev–Trinajstić information content (AvgIpc) is 2.44. The first-order valence-electron chi connectivity index (χ1n) is 6.54. The number of aryl methyl sites for hydroxylation is 1. The Morgan fingerprint density at radius 3 is 2.55 bits per heavy atom.